The van der Waals surface area contributed by atoms with Gasteiger partial charge in [-0.2, -0.15) is 0 Å². The van der Waals surface area contributed by atoms with Crippen LogP contribution in [0.1, 0.15) is 12.0 Å². The highest BCUT2D eigenvalue weighted by Crippen LogP contribution is 2.20. The summed E-state index contributed by atoms with van der Waals surface area (Å²) in [6.07, 6.45) is -0.832. The minimum atomic E-state index is -0.885. The first-order chi connectivity index (χ1) is 9.11. The molecule has 1 aliphatic rings. The second-order valence-corrected chi connectivity index (χ2v) is 3.97. The molecule has 1 aromatic rings. The zero-order chi connectivity index (χ0) is 13.8. The Kier molecular flexibility index (Phi) is 4.06. The zero-order valence-corrected chi connectivity index (χ0v) is 9.90. The van der Waals surface area contributed by atoms with E-state index in [0.29, 0.717) is 0 Å². The number of aliphatic hydroxyl groups is 1. The van der Waals surface area contributed by atoms with Crippen LogP contribution in [0.2, 0.25) is 0 Å². The van der Waals surface area contributed by atoms with Crippen molar-refractivity contribution in [1.82, 2.24) is 5.32 Å². The lowest BCUT2D eigenvalue weighted by Gasteiger charge is -2.08. The van der Waals surface area contributed by atoms with Gasteiger partial charge >= 0.3 is 0 Å². The predicted molar refractivity (Wildman–Crippen MR) is 62.5 cm³/mol. The largest absolute Gasteiger partial charge is 0.395 e. The topological polar surface area (TPSA) is 70.9 Å². The molecule has 5 nitrogen and oxygen atoms in total. The van der Waals surface area contributed by atoms with E-state index in [1.165, 1.54) is 0 Å². The number of benzene rings is 1. The molecule has 0 saturated carbocycles. The SMILES string of the molecule is O=C(NCCO)C1CC(c2cc(F)ccc2F)=NO1. The molecule has 1 amide bonds. The second-order valence-electron chi connectivity index (χ2n) is 3.97. The molecule has 2 rings (SSSR count). The van der Waals surface area contributed by atoms with Gasteiger partial charge in [-0.25, -0.2) is 8.78 Å². The van der Waals surface area contributed by atoms with Crippen LogP contribution in [0.3, 0.4) is 0 Å². The van der Waals surface area contributed by atoms with Crippen molar-refractivity contribution in [2.45, 2.75) is 12.5 Å². The van der Waals surface area contributed by atoms with Crippen LogP contribution in [-0.2, 0) is 9.63 Å². The van der Waals surface area contributed by atoms with Crippen LogP contribution in [0.15, 0.2) is 23.4 Å². The average molecular weight is 270 g/mol. The van der Waals surface area contributed by atoms with Gasteiger partial charge in [-0.05, 0) is 18.2 Å². The Labute approximate surface area is 107 Å². The summed E-state index contributed by atoms with van der Waals surface area (Å²) in [6, 6.07) is 3.00. The van der Waals surface area contributed by atoms with Crippen LogP contribution in [0, 0.1) is 11.6 Å². The number of nitrogens with zero attached hydrogens (tertiary/aromatic N) is 1. The van der Waals surface area contributed by atoms with E-state index in [1.54, 1.807) is 0 Å². The summed E-state index contributed by atoms with van der Waals surface area (Å²) in [4.78, 5) is 16.4. The molecule has 19 heavy (non-hydrogen) atoms. The van der Waals surface area contributed by atoms with Gasteiger partial charge in [0.1, 0.15) is 11.6 Å². The monoisotopic (exact) mass is 270 g/mol. The fourth-order valence-electron chi connectivity index (χ4n) is 1.69. The van der Waals surface area contributed by atoms with Crippen molar-refractivity contribution in [2.75, 3.05) is 13.2 Å². The molecular weight excluding hydrogens is 258 g/mol. The number of carbonyl (C=O) groups excluding carboxylic acids is 1. The fourth-order valence-corrected chi connectivity index (χ4v) is 1.69. The van der Waals surface area contributed by atoms with Crippen molar-refractivity contribution in [3.8, 4) is 0 Å². The van der Waals surface area contributed by atoms with Gasteiger partial charge in [-0.15, -0.1) is 0 Å². The first-order valence-corrected chi connectivity index (χ1v) is 5.68. The van der Waals surface area contributed by atoms with E-state index in [-0.39, 0.29) is 30.8 Å². The van der Waals surface area contributed by atoms with Gasteiger partial charge < -0.3 is 15.3 Å². The lowest BCUT2D eigenvalue weighted by Crippen LogP contribution is -2.36. The molecule has 2 N–H and O–H groups in total. The summed E-state index contributed by atoms with van der Waals surface area (Å²) in [5, 5.41) is 14.6. The molecular formula is C12H12F2N2O3. The Hall–Kier alpha value is -2.02. The summed E-state index contributed by atoms with van der Waals surface area (Å²) in [5.41, 5.74) is 0.165. The molecule has 102 valence electrons. The van der Waals surface area contributed by atoms with E-state index >= 15 is 0 Å². The van der Waals surface area contributed by atoms with E-state index in [0.717, 1.165) is 18.2 Å². The number of aliphatic hydroxyl groups excluding tert-OH is 1. The average Bonchev–Trinajstić information content (AvgIpc) is 2.88. The van der Waals surface area contributed by atoms with E-state index in [4.69, 9.17) is 9.94 Å². The minimum absolute atomic E-state index is 0.0162. The molecule has 7 heteroatoms. The van der Waals surface area contributed by atoms with Crippen LogP contribution in [-0.4, -0.2) is 36.0 Å². The molecule has 0 aromatic heterocycles. The maximum Gasteiger partial charge on any atom is 0.264 e. The van der Waals surface area contributed by atoms with E-state index in [9.17, 15) is 13.6 Å². The van der Waals surface area contributed by atoms with Crippen molar-refractivity contribution in [1.29, 1.82) is 0 Å². The number of rotatable bonds is 4. The maximum atomic E-state index is 13.5. The van der Waals surface area contributed by atoms with E-state index in [1.807, 2.05) is 0 Å². The molecule has 0 aliphatic carbocycles. The quantitative estimate of drug-likeness (QED) is 0.840. The van der Waals surface area contributed by atoms with Crippen molar-refractivity contribution in [3.63, 3.8) is 0 Å². The Morgan fingerprint density at radius 3 is 3.05 bits per heavy atom. The van der Waals surface area contributed by atoms with Crippen LogP contribution in [0.5, 0.6) is 0 Å². The van der Waals surface area contributed by atoms with Gasteiger partial charge in [0.15, 0.2) is 0 Å². The van der Waals surface area contributed by atoms with Crippen molar-refractivity contribution in [2.24, 2.45) is 5.16 Å². The number of oxime groups is 1. The molecule has 0 saturated heterocycles. The summed E-state index contributed by atoms with van der Waals surface area (Å²) < 4.78 is 26.6. The number of nitrogens with one attached hydrogen (secondary N) is 1. The lowest BCUT2D eigenvalue weighted by atomic mass is 10.0. The molecule has 1 heterocycles. The number of halogens is 2. The molecule has 1 aromatic carbocycles. The van der Waals surface area contributed by atoms with Crippen LogP contribution < -0.4 is 5.32 Å². The molecule has 1 aliphatic heterocycles. The Morgan fingerprint density at radius 1 is 1.53 bits per heavy atom. The van der Waals surface area contributed by atoms with Gasteiger partial charge in [-0.1, -0.05) is 5.16 Å². The van der Waals surface area contributed by atoms with Gasteiger partial charge in [0, 0.05) is 18.5 Å². The normalized spacial score (nSPS) is 17.8. The molecule has 1 atom stereocenters. The predicted octanol–water partition coefficient (Wildman–Crippen LogP) is 0.566. The van der Waals surface area contributed by atoms with E-state index in [2.05, 4.69) is 10.5 Å². The van der Waals surface area contributed by atoms with Gasteiger partial charge in [0.05, 0.1) is 12.3 Å². The number of amides is 1. The number of hydrogen-bond acceptors (Lipinski definition) is 4. The third-order valence-electron chi connectivity index (χ3n) is 2.61. The summed E-state index contributed by atoms with van der Waals surface area (Å²) >= 11 is 0. The third kappa shape index (κ3) is 3.05. The van der Waals surface area contributed by atoms with Crippen LogP contribution >= 0.6 is 0 Å². The smallest absolute Gasteiger partial charge is 0.264 e. The Balaban J connectivity index is 2.05. The van der Waals surface area contributed by atoms with Gasteiger partial charge in [0.2, 0.25) is 6.10 Å². The lowest BCUT2D eigenvalue weighted by molar-refractivity contribution is -0.131. The van der Waals surface area contributed by atoms with Crippen LogP contribution in [0.4, 0.5) is 8.78 Å². The maximum absolute atomic E-state index is 13.5. The fraction of sp³-hybridized carbons (Fsp3) is 0.333. The molecule has 1 unspecified atom stereocenters. The van der Waals surface area contributed by atoms with Crippen molar-refractivity contribution in [3.05, 3.63) is 35.4 Å². The van der Waals surface area contributed by atoms with Crippen molar-refractivity contribution >= 4 is 11.6 Å². The van der Waals surface area contributed by atoms with Gasteiger partial charge in [0.25, 0.3) is 5.91 Å². The third-order valence-corrected chi connectivity index (χ3v) is 2.61. The first-order valence-electron chi connectivity index (χ1n) is 5.68. The highest BCUT2D eigenvalue weighted by Gasteiger charge is 2.29. The Bertz CT molecular complexity index is 520. The number of carbonyl (C=O) groups is 1. The Morgan fingerprint density at radius 2 is 2.32 bits per heavy atom. The summed E-state index contributed by atoms with van der Waals surface area (Å²) in [5.74, 6) is -1.67. The first kappa shape index (κ1) is 13.4. The molecule has 0 spiro atoms. The molecule has 0 radical (unpaired) electrons. The number of hydrogen-bond donors (Lipinski definition) is 2. The van der Waals surface area contributed by atoms with Crippen LogP contribution in [0.25, 0.3) is 0 Å². The zero-order valence-electron chi connectivity index (χ0n) is 9.90. The summed E-state index contributed by atoms with van der Waals surface area (Å²) in [7, 11) is 0. The highest BCUT2D eigenvalue weighted by molar-refractivity contribution is 6.04. The second kappa shape index (κ2) is 5.75. The standard InChI is InChI=1S/C12H12F2N2O3/c13-7-1-2-9(14)8(5-7)10-6-11(19-16-10)12(18)15-3-4-17/h1-2,5,11,17H,3-4,6H2,(H,15,18). The minimum Gasteiger partial charge on any atom is -0.395 e. The molecule has 0 fully saturated rings. The molecule has 0 bridgehead atoms. The van der Waals surface area contributed by atoms with Gasteiger partial charge in [-0.3, -0.25) is 4.79 Å². The summed E-state index contributed by atoms with van der Waals surface area (Å²) in [6.45, 7) is -0.0902. The van der Waals surface area contributed by atoms with Crippen molar-refractivity contribution < 1.29 is 23.5 Å². The van der Waals surface area contributed by atoms with E-state index < -0.39 is 23.6 Å². The highest BCUT2D eigenvalue weighted by atomic mass is 19.1.